The van der Waals surface area contributed by atoms with Crippen molar-refractivity contribution in [1.29, 1.82) is 0 Å². The Hall–Kier alpha value is -0.160. The highest BCUT2D eigenvalue weighted by molar-refractivity contribution is 4.91. The molecule has 1 aliphatic heterocycles. The second-order valence-corrected chi connectivity index (χ2v) is 6.07. The predicted octanol–water partition coefficient (Wildman–Crippen LogP) is 2.86. The third kappa shape index (κ3) is 4.42. The number of rotatable bonds is 8. The minimum Gasteiger partial charge on any atom is -0.376 e. The SMILES string of the molecule is CCCCCCCOC1CC2(CCC1NC)OCCO2. The van der Waals surface area contributed by atoms with Crippen LogP contribution in [0.1, 0.15) is 58.3 Å². The van der Waals surface area contributed by atoms with Gasteiger partial charge >= 0.3 is 0 Å². The van der Waals surface area contributed by atoms with Gasteiger partial charge in [0, 0.05) is 25.5 Å². The van der Waals surface area contributed by atoms with E-state index in [4.69, 9.17) is 14.2 Å². The topological polar surface area (TPSA) is 39.7 Å². The molecule has 2 atom stereocenters. The number of hydrogen-bond donors (Lipinski definition) is 1. The molecule has 4 heteroatoms. The Morgan fingerprint density at radius 3 is 2.60 bits per heavy atom. The largest absolute Gasteiger partial charge is 0.376 e. The van der Waals surface area contributed by atoms with Gasteiger partial charge in [-0.1, -0.05) is 32.6 Å². The van der Waals surface area contributed by atoms with Crippen LogP contribution in [-0.2, 0) is 14.2 Å². The second kappa shape index (κ2) is 8.32. The van der Waals surface area contributed by atoms with E-state index in [1.54, 1.807) is 0 Å². The summed E-state index contributed by atoms with van der Waals surface area (Å²) in [6, 6.07) is 0.434. The molecular formula is C16H31NO3. The molecule has 1 N–H and O–H groups in total. The molecule has 2 aliphatic rings. The first kappa shape index (κ1) is 16.2. The summed E-state index contributed by atoms with van der Waals surface area (Å²) >= 11 is 0. The van der Waals surface area contributed by atoms with E-state index in [-0.39, 0.29) is 11.9 Å². The van der Waals surface area contributed by atoms with Crippen LogP contribution in [0.25, 0.3) is 0 Å². The zero-order chi connectivity index (χ0) is 14.3. The molecule has 2 fully saturated rings. The van der Waals surface area contributed by atoms with Crippen molar-refractivity contribution in [2.24, 2.45) is 0 Å². The van der Waals surface area contributed by atoms with Crippen molar-refractivity contribution < 1.29 is 14.2 Å². The van der Waals surface area contributed by atoms with Gasteiger partial charge in [0.15, 0.2) is 5.79 Å². The highest BCUT2D eigenvalue weighted by Gasteiger charge is 2.45. The smallest absolute Gasteiger partial charge is 0.171 e. The third-order valence-electron chi connectivity index (χ3n) is 4.56. The molecule has 0 aromatic carbocycles. The maximum atomic E-state index is 6.13. The minimum atomic E-state index is -0.347. The van der Waals surface area contributed by atoms with Crippen molar-refractivity contribution in [3.05, 3.63) is 0 Å². The molecule has 0 bridgehead atoms. The van der Waals surface area contributed by atoms with Crippen LogP contribution in [0.3, 0.4) is 0 Å². The lowest BCUT2D eigenvalue weighted by Crippen LogP contribution is -2.51. The van der Waals surface area contributed by atoms with Crippen molar-refractivity contribution in [1.82, 2.24) is 5.32 Å². The molecule has 0 aromatic heterocycles. The van der Waals surface area contributed by atoms with E-state index >= 15 is 0 Å². The van der Waals surface area contributed by atoms with E-state index in [2.05, 4.69) is 12.2 Å². The fraction of sp³-hybridized carbons (Fsp3) is 1.00. The highest BCUT2D eigenvalue weighted by atomic mass is 16.7. The number of ether oxygens (including phenoxy) is 3. The maximum Gasteiger partial charge on any atom is 0.171 e. The summed E-state index contributed by atoms with van der Waals surface area (Å²) in [5, 5.41) is 3.39. The molecule has 2 unspecified atom stereocenters. The molecule has 1 aliphatic carbocycles. The Morgan fingerprint density at radius 2 is 1.90 bits per heavy atom. The average molecular weight is 285 g/mol. The number of nitrogens with one attached hydrogen (secondary N) is 1. The Kier molecular flexibility index (Phi) is 6.75. The summed E-state index contributed by atoms with van der Waals surface area (Å²) in [7, 11) is 2.02. The van der Waals surface area contributed by atoms with Gasteiger partial charge < -0.3 is 19.5 Å². The van der Waals surface area contributed by atoms with E-state index < -0.39 is 0 Å². The molecule has 4 nitrogen and oxygen atoms in total. The molecule has 118 valence electrons. The van der Waals surface area contributed by atoms with Crippen molar-refractivity contribution in [2.75, 3.05) is 26.9 Å². The summed E-state index contributed by atoms with van der Waals surface area (Å²) in [4.78, 5) is 0. The van der Waals surface area contributed by atoms with Crippen LogP contribution >= 0.6 is 0 Å². The molecule has 2 rings (SSSR count). The first-order valence-corrected chi connectivity index (χ1v) is 8.36. The second-order valence-electron chi connectivity index (χ2n) is 6.07. The predicted molar refractivity (Wildman–Crippen MR) is 79.8 cm³/mol. The van der Waals surface area contributed by atoms with Gasteiger partial charge in [0.05, 0.1) is 19.3 Å². The molecule has 0 aromatic rings. The average Bonchev–Trinajstić information content (AvgIpc) is 2.91. The monoisotopic (exact) mass is 285 g/mol. The normalized spacial score (nSPS) is 29.1. The Bertz CT molecular complexity index is 266. The van der Waals surface area contributed by atoms with Gasteiger partial charge in [-0.15, -0.1) is 0 Å². The first-order valence-electron chi connectivity index (χ1n) is 8.36. The molecule has 1 saturated carbocycles. The van der Waals surface area contributed by atoms with Crippen molar-refractivity contribution in [3.8, 4) is 0 Å². The van der Waals surface area contributed by atoms with E-state index in [0.29, 0.717) is 6.04 Å². The molecular weight excluding hydrogens is 254 g/mol. The zero-order valence-corrected chi connectivity index (χ0v) is 13.2. The number of unbranched alkanes of at least 4 members (excludes halogenated alkanes) is 4. The van der Waals surface area contributed by atoms with E-state index in [1.165, 1.54) is 32.1 Å². The quantitative estimate of drug-likeness (QED) is 0.696. The van der Waals surface area contributed by atoms with E-state index in [9.17, 15) is 0 Å². The van der Waals surface area contributed by atoms with Crippen molar-refractivity contribution in [2.45, 2.75) is 76.2 Å². The van der Waals surface area contributed by atoms with Gasteiger partial charge in [-0.3, -0.25) is 0 Å². The summed E-state index contributed by atoms with van der Waals surface area (Å²) in [5.41, 5.74) is 0. The van der Waals surface area contributed by atoms with Crippen LogP contribution in [0.4, 0.5) is 0 Å². The zero-order valence-electron chi connectivity index (χ0n) is 13.2. The van der Waals surface area contributed by atoms with Crippen LogP contribution in [0.2, 0.25) is 0 Å². The summed E-state index contributed by atoms with van der Waals surface area (Å²) in [6.07, 6.45) is 9.55. The summed E-state index contributed by atoms with van der Waals surface area (Å²) in [6.45, 7) is 4.57. The molecule has 20 heavy (non-hydrogen) atoms. The molecule has 1 spiro atoms. The molecule has 0 radical (unpaired) electrons. The Labute approximate surface area is 123 Å². The summed E-state index contributed by atoms with van der Waals surface area (Å²) in [5.74, 6) is -0.347. The van der Waals surface area contributed by atoms with Gasteiger partial charge in [0.2, 0.25) is 0 Å². The van der Waals surface area contributed by atoms with Crippen molar-refractivity contribution in [3.63, 3.8) is 0 Å². The van der Waals surface area contributed by atoms with E-state index in [1.807, 2.05) is 7.05 Å². The van der Waals surface area contributed by atoms with Gasteiger partial charge in [0.25, 0.3) is 0 Å². The number of hydrogen-bond acceptors (Lipinski definition) is 4. The lowest BCUT2D eigenvalue weighted by atomic mass is 9.87. The van der Waals surface area contributed by atoms with Crippen molar-refractivity contribution >= 4 is 0 Å². The van der Waals surface area contributed by atoms with E-state index in [0.717, 1.165) is 39.1 Å². The van der Waals surface area contributed by atoms with Crippen LogP contribution in [0.15, 0.2) is 0 Å². The van der Waals surface area contributed by atoms with Crippen LogP contribution in [0, 0.1) is 0 Å². The van der Waals surface area contributed by atoms with Gasteiger partial charge in [-0.05, 0) is 19.9 Å². The molecule has 1 heterocycles. The van der Waals surface area contributed by atoms with Gasteiger partial charge in [0.1, 0.15) is 0 Å². The molecule has 0 amide bonds. The Morgan fingerprint density at radius 1 is 1.15 bits per heavy atom. The Balaban J connectivity index is 1.71. The van der Waals surface area contributed by atoms with Crippen LogP contribution in [0.5, 0.6) is 0 Å². The van der Waals surface area contributed by atoms with Crippen LogP contribution < -0.4 is 5.32 Å². The van der Waals surface area contributed by atoms with Crippen LogP contribution in [-0.4, -0.2) is 44.8 Å². The minimum absolute atomic E-state index is 0.220. The number of likely N-dealkylation sites (N-methyl/N-ethyl adjacent to an activating group) is 1. The highest BCUT2D eigenvalue weighted by Crippen LogP contribution is 2.37. The van der Waals surface area contributed by atoms with Gasteiger partial charge in [-0.2, -0.15) is 0 Å². The lowest BCUT2D eigenvalue weighted by molar-refractivity contribution is -0.206. The lowest BCUT2D eigenvalue weighted by Gasteiger charge is -2.40. The third-order valence-corrected chi connectivity index (χ3v) is 4.56. The molecule has 1 saturated heterocycles. The summed E-state index contributed by atoms with van der Waals surface area (Å²) < 4.78 is 17.8. The van der Waals surface area contributed by atoms with Gasteiger partial charge in [-0.25, -0.2) is 0 Å². The fourth-order valence-electron chi connectivity index (χ4n) is 3.32. The first-order chi connectivity index (χ1) is 9.79. The standard InChI is InChI=1S/C16H31NO3/c1-3-4-5-6-7-10-18-15-13-16(19-11-12-20-16)9-8-14(15)17-2/h14-15,17H,3-13H2,1-2H3. The fourth-order valence-corrected chi connectivity index (χ4v) is 3.32. The maximum absolute atomic E-state index is 6.13.